The van der Waals surface area contributed by atoms with Gasteiger partial charge < -0.3 is 10.1 Å². The van der Waals surface area contributed by atoms with Crippen LogP contribution < -0.4 is 5.32 Å². The van der Waals surface area contributed by atoms with E-state index in [1.807, 2.05) is 0 Å². The van der Waals surface area contributed by atoms with Crippen molar-refractivity contribution in [3.05, 3.63) is 46.6 Å². The first-order chi connectivity index (χ1) is 17.1. The Kier molecular flexibility index (Phi) is 7.42. The largest absolute Gasteiger partial charge is 0.377 e. The van der Waals surface area contributed by atoms with Gasteiger partial charge >= 0.3 is 10.2 Å². The van der Waals surface area contributed by atoms with Crippen molar-refractivity contribution in [2.75, 3.05) is 26.3 Å². The summed E-state index contributed by atoms with van der Waals surface area (Å²) in [5.74, 6) is 0.233. The molecule has 2 aliphatic rings. The van der Waals surface area contributed by atoms with Gasteiger partial charge in [0.15, 0.2) is 0 Å². The summed E-state index contributed by atoms with van der Waals surface area (Å²) in [5.41, 5.74) is 4.15. The molecule has 1 N–H and O–H groups in total. The lowest BCUT2D eigenvalue weighted by Crippen LogP contribution is -2.48. The van der Waals surface area contributed by atoms with Crippen molar-refractivity contribution >= 4 is 16.1 Å². The van der Waals surface area contributed by atoms with Crippen molar-refractivity contribution < 1.29 is 17.9 Å². The molecule has 2 saturated heterocycles. The van der Waals surface area contributed by atoms with Crippen LogP contribution in [0.5, 0.6) is 0 Å². The number of amides is 1. The van der Waals surface area contributed by atoms with E-state index >= 15 is 0 Å². The number of piperidine rings is 1. The molecule has 0 bridgehead atoms. The van der Waals surface area contributed by atoms with Crippen molar-refractivity contribution in [2.24, 2.45) is 5.92 Å². The van der Waals surface area contributed by atoms with E-state index < -0.39 is 10.2 Å². The average molecular weight is 530 g/mol. The van der Waals surface area contributed by atoms with Gasteiger partial charge in [0.2, 0.25) is 0 Å². The summed E-state index contributed by atoms with van der Waals surface area (Å²) in [6.45, 7) is 18.8. The van der Waals surface area contributed by atoms with Crippen LogP contribution in [0.4, 0.5) is 0 Å². The molecular formula is C29H43N3O4S. The van der Waals surface area contributed by atoms with E-state index in [2.05, 4.69) is 72.0 Å². The summed E-state index contributed by atoms with van der Waals surface area (Å²) < 4.78 is 36.5. The number of nitrogens with one attached hydrogen (secondary N) is 1. The molecule has 2 fully saturated rings. The molecule has 204 valence electrons. The Labute approximate surface area is 222 Å². The Balaban J connectivity index is 1.92. The van der Waals surface area contributed by atoms with Gasteiger partial charge in [-0.2, -0.15) is 12.7 Å². The third kappa shape index (κ3) is 5.66. The molecule has 1 amide bonds. The van der Waals surface area contributed by atoms with Crippen molar-refractivity contribution in [2.45, 2.75) is 85.1 Å². The SMILES string of the molecule is Cc1c(C(=O)NC2COC2)cc(-c2cc(C(C)(C)C)cc(C(C)(C)C)c2)n1S(=O)(=O)N1CCC(C)CC1. The Morgan fingerprint density at radius 3 is 1.95 bits per heavy atom. The molecular weight excluding hydrogens is 486 g/mol. The van der Waals surface area contributed by atoms with Crippen LogP contribution in [0, 0.1) is 12.8 Å². The molecule has 1 aromatic heterocycles. The van der Waals surface area contributed by atoms with Gasteiger partial charge in [0.1, 0.15) is 0 Å². The zero-order valence-electron chi connectivity index (χ0n) is 23.6. The number of benzene rings is 1. The summed E-state index contributed by atoms with van der Waals surface area (Å²) >= 11 is 0. The molecule has 37 heavy (non-hydrogen) atoms. The Morgan fingerprint density at radius 1 is 0.946 bits per heavy atom. The van der Waals surface area contributed by atoms with Crippen LogP contribution in [0.3, 0.4) is 0 Å². The Hall–Kier alpha value is -2.16. The van der Waals surface area contributed by atoms with E-state index in [1.165, 1.54) is 3.97 Å². The minimum Gasteiger partial charge on any atom is -0.377 e. The molecule has 7 nitrogen and oxygen atoms in total. The van der Waals surface area contributed by atoms with Crippen molar-refractivity contribution in [1.29, 1.82) is 0 Å². The molecule has 2 aromatic rings. The third-order valence-electron chi connectivity index (χ3n) is 7.67. The molecule has 2 aliphatic heterocycles. The van der Waals surface area contributed by atoms with E-state index in [0.29, 0.717) is 49.2 Å². The van der Waals surface area contributed by atoms with Crippen LogP contribution in [-0.4, -0.2) is 54.9 Å². The maximum Gasteiger partial charge on any atom is 0.308 e. The maximum absolute atomic E-state index is 14.1. The number of hydrogen-bond donors (Lipinski definition) is 1. The molecule has 0 aliphatic carbocycles. The number of hydrogen-bond acceptors (Lipinski definition) is 4. The predicted octanol–water partition coefficient (Wildman–Crippen LogP) is 5.01. The molecule has 0 radical (unpaired) electrons. The van der Waals surface area contributed by atoms with Gasteiger partial charge in [-0.25, -0.2) is 3.97 Å². The van der Waals surface area contributed by atoms with Crippen LogP contribution in [0.25, 0.3) is 11.3 Å². The summed E-state index contributed by atoms with van der Waals surface area (Å²) in [4.78, 5) is 13.3. The fourth-order valence-electron chi connectivity index (χ4n) is 4.87. The fraction of sp³-hybridized carbons (Fsp3) is 0.621. The Bertz CT molecular complexity index is 1240. The average Bonchev–Trinajstić information content (AvgIpc) is 3.13. The van der Waals surface area contributed by atoms with Gasteiger partial charge in [-0.3, -0.25) is 4.79 Å². The monoisotopic (exact) mass is 529 g/mol. The molecule has 0 unspecified atom stereocenters. The van der Waals surface area contributed by atoms with Crippen molar-refractivity contribution in [3.8, 4) is 11.3 Å². The van der Waals surface area contributed by atoms with Gasteiger partial charge in [-0.15, -0.1) is 0 Å². The molecule has 3 heterocycles. The number of nitrogens with zero attached hydrogens (tertiary/aromatic N) is 2. The second kappa shape index (κ2) is 9.86. The highest BCUT2D eigenvalue weighted by Crippen LogP contribution is 2.37. The van der Waals surface area contributed by atoms with Gasteiger partial charge in [0.05, 0.1) is 30.5 Å². The van der Waals surface area contributed by atoms with E-state index in [1.54, 1.807) is 17.3 Å². The highest BCUT2D eigenvalue weighted by atomic mass is 32.2. The maximum atomic E-state index is 14.1. The lowest BCUT2D eigenvalue weighted by atomic mass is 9.79. The number of ether oxygens (including phenoxy) is 1. The third-order valence-corrected chi connectivity index (χ3v) is 9.62. The van der Waals surface area contributed by atoms with E-state index in [-0.39, 0.29) is 22.8 Å². The molecule has 0 spiro atoms. The van der Waals surface area contributed by atoms with E-state index in [0.717, 1.165) is 29.5 Å². The highest BCUT2D eigenvalue weighted by molar-refractivity contribution is 7.87. The highest BCUT2D eigenvalue weighted by Gasteiger charge is 2.34. The second-order valence-corrected chi connectivity index (χ2v) is 14.7. The fourth-order valence-corrected chi connectivity index (χ4v) is 6.63. The zero-order chi connectivity index (χ0) is 27.3. The minimum absolute atomic E-state index is 0.0457. The van der Waals surface area contributed by atoms with Crippen LogP contribution in [0.15, 0.2) is 24.3 Å². The topological polar surface area (TPSA) is 80.6 Å². The summed E-state index contributed by atoms with van der Waals surface area (Å²) in [5, 5.41) is 2.99. The molecule has 0 saturated carbocycles. The quantitative estimate of drug-likeness (QED) is 0.590. The Morgan fingerprint density at radius 2 is 1.49 bits per heavy atom. The van der Waals surface area contributed by atoms with Crippen LogP contribution >= 0.6 is 0 Å². The first-order valence-electron chi connectivity index (χ1n) is 13.4. The number of carbonyl (C=O) groups excluding carboxylic acids is 1. The minimum atomic E-state index is -3.88. The standard InChI is InChI=1S/C29H43N3O4S/c1-19-9-11-31(12-10-19)37(34,35)32-20(2)25(27(33)30-24-17-36-18-24)16-26(32)21-13-22(28(3,4)5)15-23(14-21)29(6,7)8/h13-16,19,24H,9-12,17-18H2,1-8H3,(H,30,33). The molecule has 4 rings (SSSR count). The summed E-state index contributed by atoms with van der Waals surface area (Å²) in [6.07, 6.45) is 1.66. The normalized spacial score (nSPS) is 18.6. The first-order valence-corrected chi connectivity index (χ1v) is 14.8. The number of rotatable bonds is 5. The first kappa shape index (κ1) is 27.9. The van der Waals surface area contributed by atoms with Crippen molar-refractivity contribution in [1.82, 2.24) is 13.6 Å². The second-order valence-electron chi connectivity index (χ2n) is 12.9. The smallest absolute Gasteiger partial charge is 0.308 e. The van der Waals surface area contributed by atoms with Crippen LogP contribution in [-0.2, 0) is 25.8 Å². The molecule has 8 heteroatoms. The predicted molar refractivity (Wildman–Crippen MR) is 148 cm³/mol. The lowest BCUT2D eigenvalue weighted by Gasteiger charge is -2.31. The molecule has 1 aromatic carbocycles. The lowest BCUT2D eigenvalue weighted by molar-refractivity contribution is -0.00347. The van der Waals surface area contributed by atoms with Gasteiger partial charge in [-0.05, 0) is 71.4 Å². The van der Waals surface area contributed by atoms with Crippen LogP contribution in [0.2, 0.25) is 0 Å². The van der Waals surface area contributed by atoms with E-state index in [9.17, 15) is 13.2 Å². The molecule has 0 atom stereocenters. The number of carbonyl (C=O) groups is 1. The van der Waals surface area contributed by atoms with Gasteiger partial charge in [0, 0.05) is 18.8 Å². The zero-order valence-corrected chi connectivity index (χ0v) is 24.5. The van der Waals surface area contributed by atoms with Gasteiger partial charge in [0.25, 0.3) is 5.91 Å². The number of aromatic nitrogens is 1. The summed E-state index contributed by atoms with van der Waals surface area (Å²) in [6, 6.07) is 8.08. The van der Waals surface area contributed by atoms with E-state index in [4.69, 9.17) is 4.74 Å². The summed E-state index contributed by atoms with van der Waals surface area (Å²) in [7, 11) is -3.88. The van der Waals surface area contributed by atoms with Crippen LogP contribution in [0.1, 0.15) is 88.5 Å². The van der Waals surface area contributed by atoms with Crippen molar-refractivity contribution in [3.63, 3.8) is 0 Å². The van der Waals surface area contributed by atoms with Gasteiger partial charge in [-0.1, -0.05) is 54.5 Å².